The van der Waals surface area contributed by atoms with Gasteiger partial charge in [-0.15, -0.1) is 12.4 Å². The zero-order valence-corrected chi connectivity index (χ0v) is 13.2. The molecule has 2 rings (SSSR count). The normalized spacial score (nSPS) is 20.5. The van der Waals surface area contributed by atoms with E-state index in [1.54, 1.807) is 6.92 Å². The van der Waals surface area contributed by atoms with Crippen LogP contribution in [-0.4, -0.2) is 38.4 Å². The molecule has 1 unspecified atom stereocenters. The van der Waals surface area contributed by atoms with E-state index in [2.05, 4.69) is 5.32 Å². The quantitative estimate of drug-likeness (QED) is 0.821. The molecule has 0 spiro atoms. The Morgan fingerprint density at radius 1 is 1.32 bits per heavy atom. The molecule has 1 saturated heterocycles. The van der Waals surface area contributed by atoms with Gasteiger partial charge in [0.05, 0.1) is 10.5 Å². The van der Waals surface area contributed by atoms with Gasteiger partial charge in [0, 0.05) is 25.7 Å². The van der Waals surface area contributed by atoms with Gasteiger partial charge in [-0.1, -0.05) is 0 Å². The minimum absolute atomic E-state index is 0. The lowest BCUT2D eigenvalue weighted by Gasteiger charge is -2.31. The molecule has 22 heavy (non-hydrogen) atoms. The molecule has 0 radical (unpaired) electrons. The molecule has 1 aliphatic rings. The Balaban J connectivity index is 0.00000242. The van der Waals surface area contributed by atoms with Crippen molar-refractivity contribution in [1.82, 2.24) is 9.62 Å². The fourth-order valence-electron chi connectivity index (χ4n) is 2.15. The maximum absolute atomic E-state index is 13.2. The molecule has 1 aromatic carbocycles. The first kappa shape index (κ1) is 19.1. The fraction of sp³-hybridized carbons (Fsp3) is 0.500. The average molecular weight is 363 g/mol. The highest BCUT2D eigenvalue weighted by atomic mass is 35.5. The number of rotatable bonds is 2. The van der Waals surface area contributed by atoms with Crippen LogP contribution in [-0.2, 0) is 16.2 Å². The molecular weight excluding hydrogens is 348 g/mol. The summed E-state index contributed by atoms with van der Waals surface area (Å²) >= 11 is 0. The van der Waals surface area contributed by atoms with Gasteiger partial charge in [0.15, 0.2) is 0 Å². The van der Waals surface area contributed by atoms with Crippen molar-refractivity contribution in [1.29, 1.82) is 0 Å². The van der Waals surface area contributed by atoms with Gasteiger partial charge >= 0.3 is 6.18 Å². The predicted molar refractivity (Wildman–Crippen MR) is 74.9 cm³/mol. The molecule has 0 saturated carbocycles. The summed E-state index contributed by atoms with van der Waals surface area (Å²) < 4.78 is 77.0. The molecule has 0 bridgehead atoms. The third-order valence-corrected chi connectivity index (χ3v) is 5.07. The van der Waals surface area contributed by atoms with Crippen molar-refractivity contribution in [2.75, 3.05) is 19.6 Å². The molecule has 1 N–H and O–H groups in total. The largest absolute Gasteiger partial charge is 0.419 e. The number of nitrogens with zero attached hydrogens (tertiary/aromatic N) is 1. The Kier molecular flexibility index (Phi) is 5.82. The first-order valence-electron chi connectivity index (χ1n) is 6.22. The van der Waals surface area contributed by atoms with Crippen LogP contribution in [0.4, 0.5) is 17.6 Å². The molecule has 4 nitrogen and oxygen atoms in total. The molecule has 10 heteroatoms. The predicted octanol–water partition coefficient (Wildman–Crippen LogP) is 2.25. The molecule has 0 aromatic heterocycles. The van der Waals surface area contributed by atoms with Gasteiger partial charge in [-0.25, -0.2) is 12.8 Å². The summed E-state index contributed by atoms with van der Waals surface area (Å²) in [6, 6.07) is 1.63. The topological polar surface area (TPSA) is 49.4 Å². The number of alkyl halides is 3. The lowest BCUT2D eigenvalue weighted by molar-refractivity contribution is -0.140. The third-order valence-electron chi connectivity index (χ3n) is 3.21. The summed E-state index contributed by atoms with van der Waals surface area (Å²) in [6.07, 6.45) is -4.94. The molecule has 1 aliphatic heterocycles. The van der Waals surface area contributed by atoms with Crippen LogP contribution in [0.3, 0.4) is 0 Å². The van der Waals surface area contributed by atoms with Crippen molar-refractivity contribution in [2.24, 2.45) is 0 Å². The molecule has 126 valence electrons. The number of halogens is 5. The molecular formula is C12H15ClF4N2O2S. The molecule has 0 amide bonds. The molecule has 0 aliphatic carbocycles. The fourth-order valence-corrected chi connectivity index (χ4v) is 3.70. The number of hydrogen-bond acceptors (Lipinski definition) is 3. The number of piperazine rings is 1. The van der Waals surface area contributed by atoms with Crippen LogP contribution in [0.15, 0.2) is 23.1 Å². The standard InChI is InChI=1S/C12H14F4N2O2S.ClH/c1-8-7-18(5-4-17-8)21(19,20)9-2-3-11(13)10(6-9)12(14,15)16;/h2-3,6,8,17H,4-5,7H2,1H3;1H. The van der Waals surface area contributed by atoms with Crippen LogP contribution in [0, 0.1) is 5.82 Å². The molecule has 1 fully saturated rings. The zero-order chi connectivity index (χ0) is 15.8. The molecule has 1 heterocycles. The second kappa shape index (κ2) is 6.69. The summed E-state index contributed by atoms with van der Waals surface area (Å²) in [4.78, 5) is -0.551. The Labute approximate surface area is 132 Å². The lowest BCUT2D eigenvalue weighted by atomic mass is 10.2. The summed E-state index contributed by atoms with van der Waals surface area (Å²) in [6.45, 7) is 2.49. The Bertz CT molecular complexity index is 637. The second-order valence-corrected chi connectivity index (χ2v) is 6.80. The van der Waals surface area contributed by atoms with Gasteiger partial charge in [0.2, 0.25) is 10.0 Å². The van der Waals surface area contributed by atoms with Gasteiger partial charge in [-0.3, -0.25) is 0 Å². The van der Waals surface area contributed by atoms with Crippen LogP contribution in [0.2, 0.25) is 0 Å². The van der Waals surface area contributed by atoms with E-state index in [0.29, 0.717) is 18.7 Å². The number of nitrogens with one attached hydrogen (secondary N) is 1. The highest BCUT2D eigenvalue weighted by molar-refractivity contribution is 7.89. The molecule has 1 aromatic rings. The first-order chi connectivity index (χ1) is 9.62. The van der Waals surface area contributed by atoms with Crippen LogP contribution >= 0.6 is 12.4 Å². The maximum Gasteiger partial charge on any atom is 0.419 e. The summed E-state index contributed by atoms with van der Waals surface area (Å²) in [5, 5.41) is 3.03. The SMILES string of the molecule is CC1CN(S(=O)(=O)c2ccc(F)c(C(F)(F)F)c2)CCN1.Cl. The van der Waals surface area contributed by atoms with E-state index in [0.717, 1.165) is 10.4 Å². The summed E-state index contributed by atoms with van der Waals surface area (Å²) in [5.41, 5.74) is -1.58. The van der Waals surface area contributed by atoms with Crippen LogP contribution in [0.5, 0.6) is 0 Å². The van der Waals surface area contributed by atoms with E-state index in [1.807, 2.05) is 0 Å². The van der Waals surface area contributed by atoms with Gasteiger partial charge in [0.25, 0.3) is 0 Å². The average Bonchev–Trinajstić information content (AvgIpc) is 2.37. The maximum atomic E-state index is 13.2. The van der Waals surface area contributed by atoms with E-state index in [4.69, 9.17) is 0 Å². The highest BCUT2D eigenvalue weighted by Crippen LogP contribution is 2.33. The lowest BCUT2D eigenvalue weighted by Crippen LogP contribution is -2.51. The van der Waals surface area contributed by atoms with Gasteiger partial charge in [-0.2, -0.15) is 17.5 Å². The Morgan fingerprint density at radius 3 is 2.50 bits per heavy atom. The van der Waals surface area contributed by atoms with E-state index in [-0.39, 0.29) is 31.5 Å². The smallest absolute Gasteiger partial charge is 0.312 e. The van der Waals surface area contributed by atoms with Crippen molar-refractivity contribution in [3.05, 3.63) is 29.6 Å². The van der Waals surface area contributed by atoms with Crippen molar-refractivity contribution in [3.8, 4) is 0 Å². The van der Waals surface area contributed by atoms with Crippen LogP contribution in [0.25, 0.3) is 0 Å². The summed E-state index contributed by atoms with van der Waals surface area (Å²) in [7, 11) is -4.07. The highest BCUT2D eigenvalue weighted by Gasteiger charge is 2.36. The molecule has 1 atom stereocenters. The van der Waals surface area contributed by atoms with Gasteiger partial charge < -0.3 is 5.32 Å². The first-order valence-corrected chi connectivity index (χ1v) is 7.66. The zero-order valence-electron chi connectivity index (χ0n) is 11.5. The van der Waals surface area contributed by atoms with Crippen molar-refractivity contribution >= 4 is 22.4 Å². The monoisotopic (exact) mass is 362 g/mol. The minimum Gasteiger partial charge on any atom is -0.312 e. The van der Waals surface area contributed by atoms with Crippen molar-refractivity contribution in [3.63, 3.8) is 0 Å². The number of benzene rings is 1. The van der Waals surface area contributed by atoms with E-state index < -0.39 is 32.5 Å². The number of sulfonamides is 1. The van der Waals surface area contributed by atoms with E-state index in [9.17, 15) is 26.0 Å². The van der Waals surface area contributed by atoms with Crippen molar-refractivity contribution < 1.29 is 26.0 Å². The van der Waals surface area contributed by atoms with Crippen LogP contribution in [0.1, 0.15) is 12.5 Å². The second-order valence-electron chi connectivity index (χ2n) is 4.86. The van der Waals surface area contributed by atoms with Crippen LogP contribution < -0.4 is 5.32 Å². The third kappa shape index (κ3) is 3.89. The van der Waals surface area contributed by atoms with E-state index in [1.165, 1.54) is 0 Å². The van der Waals surface area contributed by atoms with Crippen molar-refractivity contribution in [2.45, 2.75) is 24.0 Å². The van der Waals surface area contributed by atoms with Gasteiger partial charge in [-0.05, 0) is 25.1 Å². The number of hydrogen-bond donors (Lipinski definition) is 1. The summed E-state index contributed by atoms with van der Waals surface area (Å²) in [5.74, 6) is -1.49. The Hall–Kier alpha value is -0.900. The van der Waals surface area contributed by atoms with E-state index >= 15 is 0 Å². The Morgan fingerprint density at radius 2 is 1.95 bits per heavy atom. The van der Waals surface area contributed by atoms with Gasteiger partial charge in [0.1, 0.15) is 5.82 Å². The minimum atomic E-state index is -4.94.